The lowest BCUT2D eigenvalue weighted by atomic mass is 9.89. The summed E-state index contributed by atoms with van der Waals surface area (Å²) in [5.41, 5.74) is 0. The molecule has 0 bridgehead atoms. The van der Waals surface area contributed by atoms with Gasteiger partial charge in [0.1, 0.15) is 6.10 Å². The van der Waals surface area contributed by atoms with Crippen molar-refractivity contribution in [2.45, 2.75) is 64.7 Å². The summed E-state index contributed by atoms with van der Waals surface area (Å²) in [4.78, 5) is 11.8. The van der Waals surface area contributed by atoms with E-state index in [1.807, 2.05) is 0 Å². The number of nitrogens with one attached hydrogen (secondary N) is 1. The van der Waals surface area contributed by atoms with Crippen molar-refractivity contribution < 1.29 is 14.3 Å². The molecular formula is C14H27NO3. The molecule has 4 heteroatoms. The molecule has 1 heterocycles. The highest BCUT2D eigenvalue weighted by atomic mass is 16.5. The van der Waals surface area contributed by atoms with E-state index in [-0.39, 0.29) is 24.2 Å². The number of rotatable bonds is 6. The molecule has 0 saturated carbocycles. The maximum atomic E-state index is 11.8. The summed E-state index contributed by atoms with van der Waals surface area (Å²) in [5, 5.41) is 3.06. The van der Waals surface area contributed by atoms with E-state index in [0.717, 1.165) is 32.3 Å². The molecule has 106 valence electrons. The van der Waals surface area contributed by atoms with Crippen molar-refractivity contribution in [1.82, 2.24) is 5.32 Å². The van der Waals surface area contributed by atoms with Gasteiger partial charge in [0.05, 0.1) is 6.10 Å². The maximum Gasteiger partial charge on any atom is 0.249 e. The zero-order chi connectivity index (χ0) is 13.5. The number of ether oxygens (including phenoxy) is 2. The third kappa shape index (κ3) is 4.25. The highest BCUT2D eigenvalue weighted by Gasteiger charge is 2.29. The molecule has 1 aliphatic heterocycles. The average molecular weight is 257 g/mol. The van der Waals surface area contributed by atoms with Gasteiger partial charge in [-0.3, -0.25) is 4.79 Å². The van der Waals surface area contributed by atoms with Gasteiger partial charge in [-0.2, -0.15) is 0 Å². The quantitative estimate of drug-likeness (QED) is 0.793. The molecule has 1 fully saturated rings. The summed E-state index contributed by atoms with van der Waals surface area (Å²) in [5.74, 6) is 0.581. The monoisotopic (exact) mass is 257 g/mol. The lowest BCUT2D eigenvalue weighted by Gasteiger charge is -2.34. The van der Waals surface area contributed by atoms with Gasteiger partial charge >= 0.3 is 0 Å². The molecule has 0 unspecified atom stereocenters. The van der Waals surface area contributed by atoms with Crippen LogP contribution in [-0.4, -0.2) is 37.9 Å². The molecule has 18 heavy (non-hydrogen) atoms. The lowest BCUT2D eigenvalue weighted by Crippen LogP contribution is -2.47. The van der Waals surface area contributed by atoms with Gasteiger partial charge in [-0.15, -0.1) is 0 Å². The predicted molar refractivity (Wildman–Crippen MR) is 71.4 cm³/mol. The molecule has 0 aromatic rings. The minimum atomic E-state index is -0.376. The second-order valence-electron chi connectivity index (χ2n) is 5.09. The van der Waals surface area contributed by atoms with Crippen molar-refractivity contribution in [2.75, 3.05) is 13.7 Å². The maximum absolute atomic E-state index is 11.8. The van der Waals surface area contributed by atoms with Crippen LogP contribution in [0.2, 0.25) is 0 Å². The van der Waals surface area contributed by atoms with Gasteiger partial charge in [0, 0.05) is 19.8 Å². The summed E-state index contributed by atoms with van der Waals surface area (Å²) in [6, 6.07) is 0.231. The Kier molecular flexibility index (Phi) is 6.65. The fraction of sp³-hybridized carbons (Fsp3) is 0.929. The molecule has 0 spiro atoms. The Balaban J connectivity index is 2.46. The Labute approximate surface area is 110 Å². The zero-order valence-electron chi connectivity index (χ0n) is 12.1. The van der Waals surface area contributed by atoms with Crippen molar-refractivity contribution in [3.63, 3.8) is 0 Å². The molecule has 0 radical (unpaired) electrons. The van der Waals surface area contributed by atoms with Crippen LogP contribution in [0.5, 0.6) is 0 Å². The van der Waals surface area contributed by atoms with Crippen LogP contribution in [-0.2, 0) is 14.3 Å². The summed E-state index contributed by atoms with van der Waals surface area (Å²) in [6.45, 7) is 6.92. The van der Waals surface area contributed by atoms with Crippen molar-refractivity contribution >= 4 is 5.91 Å². The van der Waals surface area contributed by atoms with Gasteiger partial charge in [-0.25, -0.2) is 0 Å². The summed E-state index contributed by atoms with van der Waals surface area (Å²) in [6.07, 6.45) is 4.01. The molecule has 3 atom stereocenters. The van der Waals surface area contributed by atoms with Crippen LogP contribution in [0.3, 0.4) is 0 Å². The number of carbonyl (C=O) groups excluding carboxylic acids is 1. The molecule has 4 nitrogen and oxygen atoms in total. The first kappa shape index (κ1) is 15.4. The molecule has 0 aromatic carbocycles. The molecule has 0 aromatic heterocycles. The Hall–Kier alpha value is -0.610. The Morgan fingerprint density at radius 2 is 2.11 bits per heavy atom. The first-order valence-corrected chi connectivity index (χ1v) is 7.07. The smallest absolute Gasteiger partial charge is 0.249 e. The van der Waals surface area contributed by atoms with E-state index in [1.54, 1.807) is 14.0 Å². The van der Waals surface area contributed by atoms with E-state index in [9.17, 15) is 4.79 Å². The third-order valence-electron chi connectivity index (χ3n) is 3.96. The van der Waals surface area contributed by atoms with E-state index in [2.05, 4.69) is 19.2 Å². The van der Waals surface area contributed by atoms with Gasteiger partial charge in [-0.1, -0.05) is 26.7 Å². The van der Waals surface area contributed by atoms with Crippen molar-refractivity contribution in [2.24, 2.45) is 5.92 Å². The molecule has 1 aliphatic rings. The molecule has 1 amide bonds. The van der Waals surface area contributed by atoms with Crippen LogP contribution in [0.1, 0.15) is 46.5 Å². The van der Waals surface area contributed by atoms with Gasteiger partial charge in [-0.05, 0) is 25.7 Å². The summed E-state index contributed by atoms with van der Waals surface area (Å²) < 4.78 is 10.9. The average Bonchev–Trinajstić information content (AvgIpc) is 2.39. The van der Waals surface area contributed by atoms with Crippen LogP contribution in [0.4, 0.5) is 0 Å². The first-order valence-electron chi connectivity index (χ1n) is 7.07. The van der Waals surface area contributed by atoms with E-state index in [0.29, 0.717) is 5.92 Å². The third-order valence-corrected chi connectivity index (χ3v) is 3.96. The SMILES string of the molecule is CCC(CC)[C@@H]1C[C@@H](NC(=O)[C@@H](C)OC)CCO1. The highest BCUT2D eigenvalue weighted by Crippen LogP contribution is 2.25. The van der Waals surface area contributed by atoms with Crippen LogP contribution < -0.4 is 5.32 Å². The van der Waals surface area contributed by atoms with Gasteiger partial charge < -0.3 is 14.8 Å². The highest BCUT2D eigenvalue weighted by molar-refractivity contribution is 5.80. The minimum absolute atomic E-state index is 0.0207. The second-order valence-corrected chi connectivity index (χ2v) is 5.09. The van der Waals surface area contributed by atoms with E-state index in [1.165, 1.54) is 0 Å². The Morgan fingerprint density at radius 3 is 2.67 bits per heavy atom. The largest absolute Gasteiger partial charge is 0.378 e. The minimum Gasteiger partial charge on any atom is -0.378 e. The predicted octanol–water partition coefficient (Wildman–Crippen LogP) is 2.12. The standard InChI is InChI=1S/C14H27NO3/c1-5-11(6-2)13-9-12(7-8-18-13)15-14(16)10(3)17-4/h10-13H,5-9H2,1-4H3,(H,15,16)/t10-,12+,13+/m1/s1. The molecule has 0 aliphatic carbocycles. The van der Waals surface area contributed by atoms with Crippen LogP contribution in [0.15, 0.2) is 0 Å². The summed E-state index contributed by atoms with van der Waals surface area (Å²) >= 11 is 0. The fourth-order valence-electron chi connectivity index (χ4n) is 2.53. The Bertz CT molecular complexity index is 253. The molecule has 1 N–H and O–H groups in total. The fourth-order valence-corrected chi connectivity index (χ4v) is 2.53. The van der Waals surface area contributed by atoms with E-state index >= 15 is 0 Å². The van der Waals surface area contributed by atoms with E-state index in [4.69, 9.17) is 9.47 Å². The van der Waals surface area contributed by atoms with Crippen molar-refractivity contribution in [1.29, 1.82) is 0 Å². The normalized spacial score (nSPS) is 26.1. The Morgan fingerprint density at radius 1 is 1.44 bits per heavy atom. The number of carbonyl (C=O) groups is 1. The van der Waals surface area contributed by atoms with Crippen LogP contribution in [0, 0.1) is 5.92 Å². The first-order chi connectivity index (χ1) is 8.62. The van der Waals surface area contributed by atoms with Gasteiger partial charge in [0.25, 0.3) is 0 Å². The molecular weight excluding hydrogens is 230 g/mol. The number of methoxy groups -OCH3 is 1. The van der Waals surface area contributed by atoms with Gasteiger partial charge in [0.2, 0.25) is 5.91 Å². The number of hydrogen-bond acceptors (Lipinski definition) is 3. The van der Waals surface area contributed by atoms with Crippen LogP contribution >= 0.6 is 0 Å². The summed E-state index contributed by atoms with van der Waals surface area (Å²) in [7, 11) is 1.56. The van der Waals surface area contributed by atoms with E-state index < -0.39 is 0 Å². The van der Waals surface area contributed by atoms with Crippen LogP contribution in [0.25, 0.3) is 0 Å². The number of hydrogen-bond donors (Lipinski definition) is 1. The van der Waals surface area contributed by atoms with Gasteiger partial charge in [0.15, 0.2) is 0 Å². The topological polar surface area (TPSA) is 47.6 Å². The van der Waals surface area contributed by atoms with Crippen molar-refractivity contribution in [3.05, 3.63) is 0 Å². The second kappa shape index (κ2) is 7.74. The lowest BCUT2D eigenvalue weighted by molar-refractivity contribution is -0.132. The zero-order valence-corrected chi connectivity index (χ0v) is 12.1. The molecule has 1 saturated heterocycles. The van der Waals surface area contributed by atoms with Crippen molar-refractivity contribution in [3.8, 4) is 0 Å². The number of amides is 1. The molecule has 1 rings (SSSR count).